The van der Waals surface area contributed by atoms with Crippen LogP contribution >= 0.6 is 11.6 Å². The number of amides is 2. The topological polar surface area (TPSA) is 49.4 Å². The Morgan fingerprint density at radius 1 is 1.12 bits per heavy atom. The summed E-state index contributed by atoms with van der Waals surface area (Å²) in [5.74, 6) is -0.236. The van der Waals surface area contributed by atoms with Gasteiger partial charge in [0, 0.05) is 18.1 Å². The van der Waals surface area contributed by atoms with Crippen LogP contribution in [0.5, 0.6) is 0 Å². The monoisotopic (exact) mass is 372 g/mol. The third-order valence-corrected chi connectivity index (χ3v) is 4.64. The highest BCUT2D eigenvalue weighted by molar-refractivity contribution is 6.30. The number of hydrogen-bond acceptors (Lipinski definition) is 2. The second kappa shape index (κ2) is 9.39. The first-order chi connectivity index (χ1) is 12.4. The standard InChI is InChI=1S/C21H25ClN2O2/c1-4-23-21(26)16(3)24(14-18-8-6-5-7-15(18)2)20(25)13-17-9-11-19(22)12-10-17/h5-12,16H,4,13-14H2,1-3H3,(H,23,26). The molecule has 0 saturated carbocycles. The molecule has 0 aliphatic heterocycles. The average Bonchev–Trinajstić information content (AvgIpc) is 2.62. The molecule has 0 aliphatic rings. The molecule has 0 aliphatic carbocycles. The van der Waals surface area contributed by atoms with E-state index in [9.17, 15) is 9.59 Å². The molecule has 0 heterocycles. The van der Waals surface area contributed by atoms with Crippen molar-refractivity contribution in [3.05, 3.63) is 70.2 Å². The first-order valence-electron chi connectivity index (χ1n) is 8.78. The van der Waals surface area contributed by atoms with Crippen molar-refractivity contribution in [1.82, 2.24) is 10.2 Å². The molecule has 5 heteroatoms. The van der Waals surface area contributed by atoms with Gasteiger partial charge in [0.2, 0.25) is 11.8 Å². The van der Waals surface area contributed by atoms with Gasteiger partial charge in [-0.1, -0.05) is 48.0 Å². The van der Waals surface area contributed by atoms with Crippen LogP contribution in [0.25, 0.3) is 0 Å². The van der Waals surface area contributed by atoms with Crippen molar-refractivity contribution in [1.29, 1.82) is 0 Å². The predicted octanol–water partition coefficient (Wildman–Crippen LogP) is 3.74. The van der Waals surface area contributed by atoms with Crippen LogP contribution in [0.3, 0.4) is 0 Å². The fraction of sp³-hybridized carbons (Fsp3) is 0.333. The molecule has 0 bridgehead atoms. The zero-order chi connectivity index (χ0) is 19.1. The summed E-state index contributed by atoms with van der Waals surface area (Å²) in [7, 11) is 0. The summed E-state index contributed by atoms with van der Waals surface area (Å²) in [4.78, 5) is 27.0. The second-order valence-electron chi connectivity index (χ2n) is 6.32. The second-order valence-corrected chi connectivity index (χ2v) is 6.76. The van der Waals surface area contributed by atoms with Gasteiger partial charge in [0.05, 0.1) is 6.42 Å². The number of carbonyl (C=O) groups excluding carboxylic acids is 2. The Labute approximate surface area is 160 Å². The third kappa shape index (κ3) is 5.33. The van der Waals surface area contributed by atoms with Crippen molar-refractivity contribution in [3.63, 3.8) is 0 Å². The van der Waals surface area contributed by atoms with Gasteiger partial charge >= 0.3 is 0 Å². The van der Waals surface area contributed by atoms with E-state index in [1.54, 1.807) is 24.0 Å². The molecule has 4 nitrogen and oxygen atoms in total. The fourth-order valence-electron chi connectivity index (χ4n) is 2.75. The number of benzene rings is 2. The van der Waals surface area contributed by atoms with Gasteiger partial charge in [0.1, 0.15) is 6.04 Å². The molecular weight excluding hydrogens is 348 g/mol. The Bertz CT molecular complexity index is 759. The molecule has 138 valence electrons. The minimum absolute atomic E-state index is 0.0886. The number of aryl methyl sites for hydroxylation is 1. The van der Waals surface area contributed by atoms with Crippen LogP contribution in [0.2, 0.25) is 5.02 Å². The van der Waals surface area contributed by atoms with Crippen molar-refractivity contribution in [2.24, 2.45) is 0 Å². The molecule has 0 spiro atoms. The molecule has 0 saturated heterocycles. The largest absolute Gasteiger partial charge is 0.355 e. The summed E-state index contributed by atoms with van der Waals surface area (Å²) in [6.45, 7) is 6.58. The maximum Gasteiger partial charge on any atom is 0.242 e. The molecule has 2 aromatic rings. The number of nitrogens with zero attached hydrogens (tertiary/aromatic N) is 1. The van der Waals surface area contributed by atoms with Gasteiger partial charge in [-0.2, -0.15) is 0 Å². The van der Waals surface area contributed by atoms with Crippen LogP contribution < -0.4 is 5.32 Å². The van der Waals surface area contributed by atoms with Crippen molar-refractivity contribution in [2.45, 2.75) is 39.8 Å². The Kier molecular flexibility index (Phi) is 7.22. The van der Waals surface area contributed by atoms with Crippen molar-refractivity contribution < 1.29 is 9.59 Å². The highest BCUT2D eigenvalue weighted by atomic mass is 35.5. The molecule has 2 aromatic carbocycles. The maximum atomic E-state index is 13.0. The van der Waals surface area contributed by atoms with Crippen LogP contribution in [-0.2, 0) is 22.6 Å². The summed E-state index contributed by atoms with van der Waals surface area (Å²) in [6, 6.07) is 14.6. The van der Waals surface area contributed by atoms with Gasteiger partial charge in [0.15, 0.2) is 0 Å². The van der Waals surface area contributed by atoms with Crippen molar-refractivity contribution >= 4 is 23.4 Å². The lowest BCUT2D eigenvalue weighted by atomic mass is 10.1. The van der Waals surface area contributed by atoms with Crippen LogP contribution in [0, 0.1) is 6.92 Å². The minimum Gasteiger partial charge on any atom is -0.355 e. The van der Waals surface area contributed by atoms with Gasteiger partial charge < -0.3 is 10.2 Å². The van der Waals surface area contributed by atoms with Gasteiger partial charge in [-0.15, -0.1) is 0 Å². The van der Waals surface area contributed by atoms with E-state index in [-0.39, 0.29) is 18.2 Å². The number of likely N-dealkylation sites (N-methyl/N-ethyl adjacent to an activating group) is 1. The fourth-order valence-corrected chi connectivity index (χ4v) is 2.88. The number of hydrogen-bond donors (Lipinski definition) is 1. The zero-order valence-corrected chi connectivity index (χ0v) is 16.2. The Hall–Kier alpha value is -2.33. The van der Waals surface area contributed by atoms with E-state index in [4.69, 9.17) is 11.6 Å². The SMILES string of the molecule is CCNC(=O)C(C)N(Cc1ccccc1C)C(=O)Cc1ccc(Cl)cc1. The highest BCUT2D eigenvalue weighted by Gasteiger charge is 2.26. The summed E-state index contributed by atoms with van der Waals surface area (Å²) >= 11 is 5.91. The molecule has 0 fully saturated rings. The number of halogens is 1. The summed E-state index contributed by atoms with van der Waals surface area (Å²) in [5, 5.41) is 3.44. The Morgan fingerprint density at radius 2 is 1.77 bits per heavy atom. The van der Waals surface area contributed by atoms with E-state index in [0.29, 0.717) is 18.1 Å². The highest BCUT2D eigenvalue weighted by Crippen LogP contribution is 2.16. The first kappa shape index (κ1) is 20.0. The van der Waals surface area contributed by atoms with Crippen LogP contribution in [0.15, 0.2) is 48.5 Å². The van der Waals surface area contributed by atoms with E-state index in [1.807, 2.05) is 50.2 Å². The van der Waals surface area contributed by atoms with Crippen LogP contribution in [0.4, 0.5) is 0 Å². The predicted molar refractivity (Wildman–Crippen MR) is 105 cm³/mol. The molecule has 1 N–H and O–H groups in total. The molecule has 1 unspecified atom stereocenters. The lowest BCUT2D eigenvalue weighted by molar-refractivity contribution is -0.140. The Morgan fingerprint density at radius 3 is 2.38 bits per heavy atom. The quantitative estimate of drug-likeness (QED) is 0.804. The number of rotatable bonds is 7. The van der Waals surface area contributed by atoms with Crippen molar-refractivity contribution in [2.75, 3.05) is 6.54 Å². The summed E-state index contributed by atoms with van der Waals surface area (Å²) < 4.78 is 0. The maximum absolute atomic E-state index is 13.0. The van der Waals surface area contributed by atoms with E-state index < -0.39 is 6.04 Å². The van der Waals surface area contributed by atoms with Gasteiger partial charge in [-0.25, -0.2) is 0 Å². The smallest absolute Gasteiger partial charge is 0.242 e. The van der Waals surface area contributed by atoms with Crippen LogP contribution in [-0.4, -0.2) is 29.3 Å². The van der Waals surface area contributed by atoms with E-state index in [0.717, 1.165) is 16.7 Å². The van der Waals surface area contributed by atoms with Gasteiger partial charge in [-0.3, -0.25) is 9.59 Å². The third-order valence-electron chi connectivity index (χ3n) is 4.39. The Balaban J connectivity index is 2.23. The normalized spacial score (nSPS) is 11.7. The zero-order valence-electron chi connectivity index (χ0n) is 15.5. The molecule has 0 aromatic heterocycles. The lowest BCUT2D eigenvalue weighted by Gasteiger charge is -2.29. The number of nitrogens with one attached hydrogen (secondary N) is 1. The van der Waals surface area contributed by atoms with E-state index >= 15 is 0 Å². The summed E-state index contributed by atoms with van der Waals surface area (Å²) in [6.07, 6.45) is 0.229. The van der Waals surface area contributed by atoms with Gasteiger partial charge in [0.25, 0.3) is 0 Å². The summed E-state index contributed by atoms with van der Waals surface area (Å²) in [5.41, 5.74) is 3.00. The average molecular weight is 373 g/mol. The molecule has 1 atom stereocenters. The van der Waals surface area contributed by atoms with Gasteiger partial charge in [-0.05, 0) is 49.6 Å². The first-order valence-corrected chi connectivity index (χ1v) is 9.16. The minimum atomic E-state index is -0.547. The lowest BCUT2D eigenvalue weighted by Crippen LogP contribution is -2.48. The van der Waals surface area contributed by atoms with Crippen LogP contribution in [0.1, 0.15) is 30.5 Å². The molecule has 0 radical (unpaired) electrons. The number of carbonyl (C=O) groups is 2. The molecule has 26 heavy (non-hydrogen) atoms. The van der Waals surface area contributed by atoms with E-state index in [2.05, 4.69) is 5.32 Å². The molecular formula is C21H25ClN2O2. The van der Waals surface area contributed by atoms with Crippen molar-refractivity contribution in [3.8, 4) is 0 Å². The molecule has 2 rings (SSSR count). The van der Waals surface area contributed by atoms with E-state index in [1.165, 1.54) is 0 Å². The molecule has 2 amide bonds.